The number of benzene rings is 1. The largest absolute Gasteiger partial charge is 0.354 e. The number of anilines is 2. The summed E-state index contributed by atoms with van der Waals surface area (Å²) in [5.41, 5.74) is 3.50. The number of halogens is 1. The van der Waals surface area contributed by atoms with Crippen LogP contribution in [0.15, 0.2) is 42.6 Å². The van der Waals surface area contributed by atoms with E-state index in [0.717, 1.165) is 16.8 Å². The standard InChI is InChI=1S/C20H21ClN4O/c1-4-25(5-2)20(26)17-12-22-19-16(10-9-13(3)23-19)18(17)24-15-8-6-7-14(21)11-15/h6-12H,4-5H2,1-3H3,(H,22,23,24). The molecule has 0 aliphatic heterocycles. The normalized spacial score (nSPS) is 10.8. The minimum absolute atomic E-state index is 0.0606. The van der Waals surface area contributed by atoms with Crippen LogP contribution in [0.1, 0.15) is 29.9 Å². The Hall–Kier alpha value is -2.66. The fraction of sp³-hybridized carbons (Fsp3) is 0.250. The second kappa shape index (κ2) is 7.70. The predicted octanol–water partition coefficient (Wildman–Crippen LogP) is 4.82. The summed E-state index contributed by atoms with van der Waals surface area (Å²) in [5.74, 6) is -0.0606. The Morgan fingerprint density at radius 2 is 1.96 bits per heavy atom. The average molecular weight is 369 g/mol. The molecule has 5 nitrogen and oxygen atoms in total. The third kappa shape index (κ3) is 3.63. The Morgan fingerprint density at radius 1 is 1.19 bits per heavy atom. The lowest BCUT2D eigenvalue weighted by atomic mass is 10.1. The number of hydrogen-bond donors (Lipinski definition) is 1. The number of hydrogen-bond acceptors (Lipinski definition) is 4. The SMILES string of the molecule is CCN(CC)C(=O)c1cnc2nc(C)ccc2c1Nc1cccc(Cl)c1. The third-order valence-corrected chi connectivity index (χ3v) is 4.48. The van der Waals surface area contributed by atoms with E-state index in [1.807, 2.05) is 57.2 Å². The number of nitrogens with zero attached hydrogens (tertiary/aromatic N) is 3. The lowest BCUT2D eigenvalue weighted by Gasteiger charge is -2.21. The molecule has 3 aromatic rings. The zero-order chi connectivity index (χ0) is 18.7. The van der Waals surface area contributed by atoms with Crippen molar-refractivity contribution in [1.29, 1.82) is 0 Å². The molecule has 0 unspecified atom stereocenters. The van der Waals surface area contributed by atoms with Crippen LogP contribution < -0.4 is 5.32 Å². The van der Waals surface area contributed by atoms with Gasteiger partial charge in [-0.25, -0.2) is 9.97 Å². The molecule has 1 aromatic carbocycles. The summed E-state index contributed by atoms with van der Waals surface area (Å²) in [6, 6.07) is 11.3. The molecule has 1 amide bonds. The van der Waals surface area contributed by atoms with Crippen LogP contribution in [0.3, 0.4) is 0 Å². The van der Waals surface area contributed by atoms with E-state index < -0.39 is 0 Å². The molecule has 0 radical (unpaired) electrons. The van der Waals surface area contributed by atoms with Crippen LogP contribution in [0.2, 0.25) is 5.02 Å². The van der Waals surface area contributed by atoms with Crippen molar-refractivity contribution in [2.24, 2.45) is 0 Å². The van der Waals surface area contributed by atoms with Gasteiger partial charge in [0.2, 0.25) is 0 Å². The van der Waals surface area contributed by atoms with Gasteiger partial charge < -0.3 is 10.2 Å². The second-order valence-electron chi connectivity index (χ2n) is 5.98. The maximum Gasteiger partial charge on any atom is 0.257 e. The number of rotatable bonds is 5. The monoisotopic (exact) mass is 368 g/mol. The number of pyridine rings is 2. The predicted molar refractivity (Wildman–Crippen MR) is 106 cm³/mol. The van der Waals surface area contributed by atoms with Gasteiger partial charge in [0.1, 0.15) is 0 Å². The minimum atomic E-state index is -0.0606. The van der Waals surface area contributed by atoms with Crippen molar-refractivity contribution in [3.63, 3.8) is 0 Å². The molecule has 0 spiro atoms. The number of amides is 1. The molecule has 0 fully saturated rings. The van der Waals surface area contributed by atoms with Crippen molar-refractivity contribution in [2.45, 2.75) is 20.8 Å². The Labute approximate surface area is 158 Å². The van der Waals surface area contributed by atoms with Gasteiger partial charge in [-0.1, -0.05) is 17.7 Å². The second-order valence-corrected chi connectivity index (χ2v) is 6.42. The highest BCUT2D eigenvalue weighted by Gasteiger charge is 2.20. The number of carbonyl (C=O) groups is 1. The van der Waals surface area contributed by atoms with E-state index in [4.69, 9.17) is 11.6 Å². The zero-order valence-electron chi connectivity index (χ0n) is 15.1. The van der Waals surface area contributed by atoms with Crippen molar-refractivity contribution in [2.75, 3.05) is 18.4 Å². The summed E-state index contributed by atoms with van der Waals surface area (Å²) in [4.78, 5) is 23.7. The first-order chi connectivity index (χ1) is 12.5. The van der Waals surface area contributed by atoms with E-state index in [1.54, 1.807) is 11.1 Å². The summed E-state index contributed by atoms with van der Waals surface area (Å²) in [6.45, 7) is 7.11. The first-order valence-electron chi connectivity index (χ1n) is 8.61. The minimum Gasteiger partial charge on any atom is -0.354 e. The molecule has 6 heteroatoms. The molecule has 0 saturated carbocycles. The highest BCUT2D eigenvalue weighted by atomic mass is 35.5. The highest BCUT2D eigenvalue weighted by molar-refractivity contribution is 6.30. The first-order valence-corrected chi connectivity index (χ1v) is 8.99. The molecule has 0 aliphatic rings. The highest BCUT2D eigenvalue weighted by Crippen LogP contribution is 2.30. The van der Waals surface area contributed by atoms with E-state index in [-0.39, 0.29) is 5.91 Å². The average Bonchev–Trinajstić information content (AvgIpc) is 2.62. The van der Waals surface area contributed by atoms with Gasteiger partial charge in [-0.3, -0.25) is 4.79 Å². The molecular formula is C20H21ClN4O. The molecule has 0 aliphatic carbocycles. The number of carbonyl (C=O) groups excluding carboxylic acids is 1. The van der Waals surface area contributed by atoms with Gasteiger partial charge >= 0.3 is 0 Å². The molecule has 2 aromatic heterocycles. The summed E-state index contributed by atoms with van der Waals surface area (Å²) in [6.07, 6.45) is 1.60. The van der Waals surface area contributed by atoms with Gasteiger partial charge in [0.15, 0.2) is 5.65 Å². The van der Waals surface area contributed by atoms with Crippen molar-refractivity contribution >= 4 is 39.9 Å². The molecule has 26 heavy (non-hydrogen) atoms. The van der Waals surface area contributed by atoms with Gasteiger partial charge in [-0.05, 0) is 51.1 Å². The maximum atomic E-state index is 13.0. The van der Waals surface area contributed by atoms with E-state index in [1.165, 1.54) is 0 Å². The van der Waals surface area contributed by atoms with Crippen molar-refractivity contribution in [3.05, 3.63) is 58.9 Å². The molecule has 0 atom stereocenters. The van der Waals surface area contributed by atoms with Crippen LogP contribution in [0.4, 0.5) is 11.4 Å². The smallest absolute Gasteiger partial charge is 0.257 e. The Morgan fingerprint density at radius 3 is 2.65 bits per heavy atom. The summed E-state index contributed by atoms with van der Waals surface area (Å²) < 4.78 is 0. The topological polar surface area (TPSA) is 58.1 Å². The van der Waals surface area contributed by atoms with Crippen LogP contribution in [0, 0.1) is 6.92 Å². The van der Waals surface area contributed by atoms with Crippen LogP contribution in [0.5, 0.6) is 0 Å². The van der Waals surface area contributed by atoms with E-state index in [0.29, 0.717) is 35.0 Å². The Balaban J connectivity index is 2.17. The van der Waals surface area contributed by atoms with Crippen molar-refractivity contribution in [3.8, 4) is 0 Å². The summed E-state index contributed by atoms with van der Waals surface area (Å²) in [5, 5.41) is 4.77. The van der Waals surface area contributed by atoms with Gasteiger partial charge in [0.25, 0.3) is 5.91 Å². The Bertz CT molecular complexity index is 954. The van der Waals surface area contributed by atoms with Gasteiger partial charge in [-0.15, -0.1) is 0 Å². The van der Waals surface area contributed by atoms with E-state index >= 15 is 0 Å². The fourth-order valence-electron chi connectivity index (χ4n) is 2.86. The Kier molecular flexibility index (Phi) is 5.38. The number of aryl methyl sites for hydroxylation is 1. The van der Waals surface area contributed by atoms with E-state index in [9.17, 15) is 4.79 Å². The summed E-state index contributed by atoms with van der Waals surface area (Å²) >= 11 is 6.11. The van der Waals surface area contributed by atoms with E-state index in [2.05, 4.69) is 15.3 Å². The van der Waals surface area contributed by atoms with Crippen molar-refractivity contribution in [1.82, 2.24) is 14.9 Å². The van der Waals surface area contributed by atoms with Crippen LogP contribution in [-0.2, 0) is 0 Å². The van der Waals surface area contributed by atoms with Crippen LogP contribution >= 0.6 is 11.6 Å². The maximum absolute atomic E-state index is 13.0. The first kappa shape index (κ1) is 18.1. The fourth-order valence-corrected chi connectivity index (χ4v) is 3.05. The number of nitrogens with one attached hydrogen (secondary N) is 1. The van der Waals surface area contributed by atoms with Gasteiger partial charge in [0.05, 0.1) is 11.3 Å². The quantitative estimate of drug-likeness (QED) is 0.701. The molecule has 1 N–H and O–H groups in total. The number of fused-ring (bicyclic) bond motifs is 1. The number of aromatic nitrogens is 2. The summed E-state index contributed by atoms with van der Waals surface area (Å²) in [7, 11) is 0. The van der Waals surface area contributed by atoms with Gasteiger partial charge in [0, 0.05) is 41.1 Å². The third-order valence-electron chi connectivity index (χ3n) is 4.24. The van der Waals surface area contributed by atoms with Gasteiger partial charge in [-0.2, -0.15) is 0 Å². The molecule has 0 bridgehead atoms. The lowest BCUT2D eigenvalue weighted by molar-refractivity contribution is 0.0774. The van der Waals surface area contributed by atoms with Crippen LogP contribution in [0.25, 0.3) is 11.0 Å². The molecule has 3 rings (SSSR count). The molecular weight excluding hydrogens is 348 g/mol. The van der Waals surface area contributed by atoms with Crippen molar-refractivity contribution < 1.29 is 4.79 Å². The zero-order valence-corrected chi connectivity index (χ0v) is 15.8. The molecule has 134 valence electrons. The molecule has 2 heterocycles. The molecule has 0 saturated heterocycles. The lowest BCUT2D eigenvalue weighted by Crippen LogP contribution is -2.31. The van der Waals surface area contributed by atoms with Crippen LogP contribution in [-0.4, -0.2) is 33.9 Å².